The van der Waals surface area contributed by atoms with E-state index in [4.69, 9.17) is 0 Å². The molecule has 0 saturated heterocycles. The topological polar surface area (TPSA) is 42.9 Å². The van der Waals surface area contributed by atoms with Gasteiger partial charge in [-0.3, -0.25) is 4.79 Å². The third kappa shape index (κ3) is 3.89. The molecule has 120 valence electrons. The number of rotatable bonds is 5. The van der Waals surface area contributed by atoms with Gasteiger partial charge in [0.1, 0.15) is 11.4 Å². The van der Waals surface area contributed by atoms with E-state index < -0.39 is 0 Å². The molecule has 1 heterocycles. The fourth-order valence-corrected chi connectivity index (χ4v) is 3.09. The van der Waals surface area contributed by atoms with E-state index in [9.17, 15) is 4.79 Å². The minimum atomic E-state index is 0.114. The number of carbonyl (C=O) groups excluding carboxylic acids is 1. The van der Waals surface area contributed by atoms with Gasteiger partial charge in [-0.05, 0) is 37.1 Å². The van der Waals surface area contributed by atoms with Crippen LogP contribution in [0.4, 0.5) is 0 Å². The van der Waals surface area contributed by atoms with Crippen molar-refractivity contribution in [2.24, 2.45) is 0 Å². The summed E-state index contributed by atoms with van der Waals surface area (Å²) in [7, 11) is 0. The van der Waals surface area contributed by atoms with Crippen LogP contribution in [0.25, 0.3) is 11.3 Å². The first-order valence-electron chi connectivity index (χ1n) is 7.74. The number of Topliss-reactive ketones (excluding diaryl/α,β-unsaturated/α-hetero) is 1. The van der Waals surface area contributed by atoms with E-state index >= 15 is 0 Å². The molecule has 0 aliphatic rings. The molecule has 4 heteroatoms. The molecule has 0 fully saturated rings. The van der Waals surface area contributed by atoms with Crippen LogP contribution in [0, 0.1) is 13.8 Å². The van der Waals surface area contributed by atoms with E-state index in [0.717, 1.165) is 27.4 Å². The molecule has 0 aliphatic carbocycles. The Kier molecular flexibility index (Phi) is 5.06. The van der Waals surface area contributed by atoms with Gasteiger partial charge in [-0.2, -0.15) is 0 Å². The van der Waals surface area contributed by atoms with Crippen LogP contribution >= 0.6 is 11.8 Å². The first-order chi connectivity index (χ1) is 11.6. The summed E-state index contributed by atoms with van der Waals surface area (Å²) < 4.78 is 0. The average Bonchev–Trinajstić information content (AvgIpc) is 2.63. The Morgan fingerprint density at radius 3 is 2.50 bits per heavy atom. The minimum Gasteiger partial charge on any atom is -0.293 e. The number of nitrogens with zero attached hydrogens (tertiary/aromatic N) is 2. The number of thioether (sulfide) groups is 1. The Labute approximate surface area is 146 Å². The molecule has 0 spiro atoms. The smallest absolute Gasteiger partial charge is 0.173 e. The summed E-state index contributed by atoms with van der Waals surface area (Å²) in [5, 5.41) is 0.807. The van der Waals surface area contributed by atoms with E-state index in [-0.39, 0.29) is 5.78 Å². The van der Waals surface area contributed by atoms with E-state index in [2.05, 4.69) is 9.97 Å². The maximum absolute atomic E-state index is 12.4. The van der Waals surface area contributed by atoms with Gasteiger partial charge in [0, 0.05) is 11.1 Å². The number of hydrogen-bond acceptors (Lipinski definition) is 4. The number of benzene rings is 2. The number of ketones is 1. The summed E-state index contributed by atoms with van der Waals surface area (Å²) in [5.41, 5.74) is 5.00. The van der Waals surface area contributed by atoms with Crippen molar-refractivity contribution in [3.8, 4) is 11.3 Å². The summed E-state index contributed by atoms with van der Waals surface area (Å²) in [6, 6.07) is 17.7. The molecule has 0 N–H and O–H groups in total. The highest BCUT2D eigenvalue weighted by Crippen LogP contribution is 2.22. The van der Waals surface area contributed by atoms with Crippen LogP contribution in [-0.2, 0) is 0 Å². The van der Waals surface area contributed by atoms with Gasteiger partial charge < -0.3 is 0 Å². The molecule has 2 aromatic carbocycles. The van der Waals surface area contributed by atoms with Gasteiger partial charge in [0.15, 0.2) is 5.78 Å². The first-order valence-corrected chi connectivity index (χ1v) is 8.73. The molecule has 3 rings (SSSR count). The van der Waals surface area contributed by atoms with Crippen molar-refractivity contribution in [1.82, 2.24) is 9.97 Å². The maximum Gasteiger partial charge on any atom is 0.173 e. The summed E-state index contributed by atoms with van der Waals surface area (Å²) in [4.78, 5) is 20.9. The molecule has 0 radical (unpaired) electrons. The van der Waals surface area contributed by atoms with Gasteiger partial charge in [0.25, 0.3) is 0 Å². The molecular weight excluding hydrogens is 316 g/mol. The van der Waals surface area contributed by atoms with Gasteiger partial charge in [-0.25, -0.2) is 9.97 Å². The van der Waals surface area contributed by atoms with Gasteiger partial charge in [-0.1, -0.05) is 54.2 Å². The molecule has 1 aromatic heterocycles. The summed E-state index contributed by atoms with van der Waals surface area (Å²) in [5.74, 6) is 0.483. The zero-order valence-corrected chi connectivity index (χ0v) is 14.5. The minimum absolute atomic E-state index is 0.114. The molecular formula is C20H18N2OS. The molecule has 3 aromatic rings. The lowest BCUT2D eigenvalue weighted by atomic mass is 10.0. The first kappa shape index (κ1) is 16.4. The van der Waals surface area contributed by atoms with Crippen LogP contribution < -0.4 is 0 Å². The fourth-order valence-electron chi connectivity index (χ4n) is 2.32. The second-order valence-electron chi connectivity index (χ2n) is 5.62. The van der Waals surface area contributed by atoms with E-state index in [1.165, 1.54) is 17.3 Å². The maximum atomic E-state index is 12.4. The molecule has 0 amide bonds. The fraction of sp³-hybridized carbons (Fsp3) is 0.150. The Morgan fingerprint density at radius 1 is 0.958 bits per heavy atom. The molecule has 0 saturated carbocycles. The summed E-state index contributed by atoms with van der Waals surface area (Å²) >= 11 is 1.44. The SMILES string of the molecule is Cc1ccc(C(=O)CSc2cc(-c3ccccc3)ncn2)cc1C. The van der Waals surface area contributed by atoms with E-state index in [0.29, 0.717) is 5.75 Å². The van der Waals surface area contributed by atoms with Crippen molar-refractivity contribution in [2.75, 3.05) is 5.75 Å². The lowest BCUT2D eigenvalue weighted by Crippen LogP contribution is -2.03. The number of carbonyl (C=O) groups is 1. The standard InChI is InChI=1S/C20H18N2OS/c1-14-8-9-17(10-15(14)2)19(23)12-24-20-11-18(21-13-22-20)16-6-4-3-5-7-16/h3-11,13H,12H2,1-2H3. The molecule has 0 bridgehead atoms. The highest BCUT2D eigenvalue weighted by atomic mass is 32.2. The highest BCUT2D eigenvalue weighted by Gasteiger charge is 2.09. The molecule has 0 unspecified atom stereocenters. The Hall–Kier alpha value is -2.46. The second kappa shape index (κ2) is 7.41. The largest absolute Gasteiger partial charge is 0.293 e. The molecule has 3 nitrogen and oxygen atoms in total. The Bertz CT molecular complexity index is 863. The molecule has 24 heavy (non-hydrogen) atoms. The molecule has 0 aliphatic heterocycles. The van der Waals surface area contributed by atoms with Crippen LogP contribution in [0.3, 0.4) is 0 Å². The van der Waals surface area contributed by atoms with Gasteiger partial charge in [0.2, 0.25) is 0 Å². The quantitative estimate of drug-likeness (QED) is 0.384. The highest BCUT2D eigenvalue weighted by molar-refractivity contribution is 7.99. The summed E-state index contributed by atoms with van der Waals surface area (Å²) in [6.07, 6.45) is 1.55. The lowest BCUT2D eigenvalue weighted by Gasteiger charge is -2.05. The van der Waals surface area contributed by atoms with E-state index in [1.54, 1.807) is 6.33 Å². The van der Waals surface area contributed by atoms with Crippen LogP contribution in [0.15, 0.2) is 66.0 Å². The van der Waals surface area contributed by atoms with Gasteiger partial charge in [-0.15, -0.1) is 0 Å². The Morgan fingerprint density at radius 2 is 1.75 bits per heavy atom. The predicted molar refractivity (Wildman–Crippen MR) is 98.4 cm³/mol. The summed E-state index contributed by atoms with van der Waals surface area (Å²) in [6.45, 7) is 4.07. The van der Waals surface area contributed by atoms with Crippen LogP contribution in [-0.4, -0.2) is 21.5 Å². The van der Waals surface area contributed by atoms with Crippen molar-refractivity contribution >= 4 is 17.5 Å². The monoisotopic (exact) mass is 334 g/mol. The Balaban J connectivity index is 1.70. The predicted octanol–water partition coefficient (Wildman–Crippen LogP) is 4.74. The van der Waals surface area contributed by atoms with E-state index in [1.807, 2.05) is 68.4 Å². The second-order valence-corrected chi connectivity index (χ2v) is 6.61. The zero-order chi connectivity index (χ0) is 16.9. The van der Waals surface area contributed by atoms with Crippen LogP contribution in [0.1, 0.15) is 21.5 Å². The number of aromatic nitrogens is 2. The zero-order valence-electron chi connectivity index (χ0n) is 13.7. The normalized spacial score (nSPS) is 10.6. The van der Waals surface area contributed by atoms with Crippen molar-refractivity contribution in [2.45, 2.75) is 18.9 Å². The lowest BCUT2D eigenvalue weighted by molar-refractivity contribution is 0.102. The van der Waals surface area contributed by atoms with Crippen LogP contribution in [0.5, 0.6) is 0 Å². The van der Waals surface area contributed by atoms with Crippen LogP contribution in [0.2, 0.25) is 0 Å². The molecule has 0 atom stereocenters. The van der Waals surface area contributed by atoms with Crippen molar-refractivity contribution in [3.63, 3.8) is 0 Å². The third-order valence-electron chi connectivity index (χ3n) is 3.89. The third-order valence-corrected chi connectivity index (χ3v) is 4.82. The van der Waals surface area contributed by atoms with Crippen molar-refractivity contribution in [1.29, 1.82) is 0 Å². The average molecular weight is 334 g/mol. The van der Waals surface area contributed by atoms with Gasteiger partial charge in [0.05, 0.1) is 11.4 Å². The van der Waals surface area contributed by atoms with Crippen molar-refractivity contribution < 1.29 is 4.79 Å². The van der Waals surface area contributed by atoms with Gasteiger partial charge >= 0.3 is 0 Å². The van der Waals surface area contributed by atoms with Crippen molar-refractivity contribution in [3.05, 3.63) is 77.6 Å². The number of aryl methyl sites for hydroxylation is 2. The number of hydrogen-bond donors (Lipinski definition) is 0.